The minimum absolute atomic E-state index is 0.0975. The van der Waals surface area contributed by atoms with Gasteiger partial charge in [0.15, 0.2) is 0 Å². The van der Waals surface area contributed by atoms with Crippen LogP contribution in [0.1, 0.15) is 26.3 Å². The zero-order valence-electron chi connectivity index (χ0n) is 10.7. The Morgan fingerprint density at radius 2 is 2.00 bits per heavy atom. The minimum Gasteiger partial charge on any atom is -0.369 e. The molecule has 0 amide bonds. The van der Waals surface area contributed by atoms with E-state index in [0.29, 0.717) is 6.04 Å². The van der Waals surface area contributed by atoms with Crippen LogP contribution in [0, 0.1) is 0 Å². The van der Waals surface area contributed by atoms with Gasteiger partial charge in [-0.1, -0.05) is 28.1 Å². The second-order valence-corrected chi connectivity index (χ2v) is 6.16. The minimum atomic E-state index is -0.0975. The van der Waals surface area contributed by atoms with Crippen LogP contribution in [0.2, 0.25) is 0 Å². The summed E-state index contributed by atoms with van der Waals surface area (Å²) in [5.74, 6) is 0. The number of hydrogen-bond donors (Lipinski definition) is 1. The summed E-state index contributed by atoms with van der Waals surface area (Å²) >= 11 is 3.46. The summed E-state index contributed by atoms with van der Waals surface area (Å²) in [5, 5.41) is 3.52. The first-order valence-electron chi connectivity index (χ1n) is 6.14. The number of morpholine rings is 1. The Morgan fingerprint density at radius 1 is 1.35 bits per heavy atom. The van der Waals surface area contributed by atoms with Crippen LogP contribution in [0.25, 0.3) is 0 Å². The SMILES string of the molecule is CC1NCC(C)(Cc2ccc(Br)cc2)OC1C. The third-order valence-electron chi connectivity index (χ3n) is 3.46. The van der Waals surface area contributed by atoms with Crippen molar-refractivity contribution in [3.8, 4) is 0 Å². The Kier molecular flexibility index (Phi) is 3.91. The Morgan fingerprint density at radius 3 is 2.59 bits per heavy atom. The molecule has 3 unspecified atom stereocenters. The number of nitrogens with one attached hydrogen (secondary N) is 1. The highest BCUT2D eigenvalue weighted by Gasteiger charge is 2.34. The fourth-order valence-electron chi connectivity index (χ4n) is 2.27. The van der Waals surface area contributed by atoms with Gasteiger partial charge in [-0.15, -0.1) is 0 Å². The molecule has 1 fully saturated rings. The maximum absolute atomic E-state index is 6.15. The fourth-order valence-corrected chi connectivity index (χ4v) is 2.54. The van der Waals surface area contributed by atoms with Gasteiger partial charge in [0.2, 0.25) is 0 Å². The fraction of sp³-hybridized carbons (Fsp3) is 0.571. The van der Waals surface area contributed by atoms with Gasteiger partial charge in [-0.2, -0.15) is 0 Å². The maximum atomic E-state index is 6.15. The van der Waals surface area contributed by atoms with E-state index in [1.54, 1.807) is 0 Å². The molecule has 1 aliphatic heterocycles. The van der Waals surface area contributed by atoms with E-state index in [4.69, 9.17) is 4.74 Å². The summed E-state index contributed by atoms with van der Waals surface area (Å²) < 4.78 is 7.27. The molecule has 0 aliphatic carbocycles. The van der Waals surface area contributed by atoms with Crippen molar-refractivity contribution in [2.45, 2.75) is 44.9 Å². The van der Waals surface area contributed by atoms with Crippen LogP contribution >= 0.6 is 15.9 Å². The van der Waals surface area contributed by atoms with Crippen LogP contribution in [0.5, 0.6) is 0 Å². The lowest BCUT2D eigenvalue weighted by atomic mass is 9.93. The molecule has 0 spiro atoms. The lowest BCUT2D eigenvalue weighted by Gasteiger charge is -2.41. The first-order valence-corrected chi connectivity index (χ1v) is 6.93. The van der Waals surface area contributed by atoms with E-state index in [-0.39, 0.29) is 11.7 Å². The quantitative estimate of drug-likeness (QED) is 0.905. The highest BCUT2D eigenvalue weighted by atomic mass is 79.9. The van der Waals surface area contributed by atoms with E-state index >= 15 is 0 Å². The molecule has 17 heavy (non-hydrogen) atoms. The molecule has 0 radical (unpaired) electrons. The second kappa shape index (κ2) is 5.09. The van der Waals surface area contributed by atoms with Crippen LogP contribution in [0.15, 0.2) is 28.7 Å². The van der Waals surface area contributed by atoms with E-state index in [1.165, 1.54) is 5.56 Å². The van der Waals surface area contributed by atoms with Gasteiger partial charge in [0, 0.05) is 23.5 Å². The van der Waals surface area contributed by atoms with Gasteiger partial charge in [-0.25, -0.2) is 0 Å². The largest absolute Gasteiger partial charge is 0.369 e. The molecule has 3 atom stereocenters. The Hall–Kier alpha value is -0.380. The van der Waals surface area contributed by atoms with Gasteiger partial charge in [0.1, 0.15) is 0 Å². The topological polar surface area (TPSA) is 21.3 Å². The van der Waals surface area contributed by atoms with Crippen molar-refractivity contribution in [3.05, 3.63) is 34.3 Å². The standard InChI is InChI=1S/C14H20BrNO/c1-10-11(2)17-14(3,9-16-10)8-12-4-6-13(15)7-5-12/h4-7,10-11,16H,8-9H2,1-3H3. The van der Waals surface area contributed by atoms with Crippen molar-refractivity contribution < 1.29 is 4.74 Å². The van der Waals surface area contributed by atoms with E-state index < -0.39 is 0 Å². The van der Waals surface area contributed by atoms with Crippen molar-refractivity contribution in [1.82, 2.24) is 5.32 Å². The van der Waals surface area contributed by atoms with Crippen molar-refractivity contribution in [2.75, 3.05) is 6.54 Å². The Bertz CT molecular complexity index is 378. The first-order chi connectivity index (χ1) is 7.98. The van der Waals surface area contributed by atoms with Crippen LogP contribution in [0.3, 0.4) is 0 Å². The molecule has 0 bridgehead atoms. The zero-order chi connectivity index (χ0) is 12.5. The van der Waals surface area contributed by atoms with Gasteiger partial charge >= 0.3 is 0 Å². The third-order valence-corrected chi connectivity index (χ3v) is 3.99. The molecule has 2 nitrogen and oxygen atoms in total. The van der Waals surface area contributed by atoms with E-state index in [1.807, 2.05) is 0 Å². The van der Waals surface area contributed by atoms with Gasteiger partial charge in [-0.05, 0) is 38.5 Å². The zero-order valence-corrected chi connectivity index (χ0v) is 12.3. The van der Waals surface area contributed by atoms with Gasteiger partial charge in [0.05, 0.1) is 11.7 Å². The smallest absolute Gasteiger partial charge is 0.0822 e. The predicted octanol–water partition coefficient (Wildman–Crippen LogP) is 3.15. The molecule has 1 heterocycles. The number of halogens is 1. The molecule has 0 saturated carbocycles. The average molecular weight is 298 g/mol. The van der Waals surface area contributed by atoms with Crippen molar-refractivity contribution in [2.24, 2.45) is 0 Å². The second-order valence-electron chi connectivity index (χ2n) is 5.25. The Labute approximate surface area is 112 Å². The molecule has 1 aromatic rings. The summed E-state index contributed by atoms with van der Waals surface area (Å²) in [6.45, 7) is 7.40. The molecule has 1 saturated heterocycles. The third kappa shape index (κ3) is 3.30. The van der Waals surface area contributed by atoms with E-state index in [0.717, 1.165) is 17.4 Å². The first kappa shape index (κ1) is 13.1. The van der Waals surface area contributed by atoms with Crippen molar-refractivity contribution >= 4 is 15.9 Å². The summed E-state index contributed by atoms with van der Waals surface area (Å²) in [6.07, 6.45) is 1.22. The summed E-state index contributed by atoms with van der Waals surface area (Å²) in [5.41, 5.74) is 1.22. The number of hydrogen-bond acceptors (Lipinski definition) is 2. The normalized spacial score (nSPS) is 33.6. The van der Waals surface area contributed by atoms with Gasteiger partial charge in [0.25, 0.3) is 0 Å². The van der Waals surface area contributed by atoms with Gasteiger partial charge in [-0.3, -0.25) is 0 Å². The van der Waals surface area contributed by atoms with Crippen LogP contribution in [-0.4, -0.2) is 24.3 Å². The highest BCUT2D eigenvalue weighted by molar-refractivity contribution is 9.10. The molecular weight excluding hydrogens is 278 g/mol. The molecule has 2 rings (SSSR count). The summed E-state index contributed by atoms with van der Waals surface area (Å²) in [7, 11) is 0. The monoisotopic (exact) mass is 297 g/mol. The molecule has 0 aromatic heterocycles. The molecule has 1 N–H and O–H groups in total. The van der Waals surface area contributed by atoms with Crippen LogP contribution in [-0.2, 0) is 11.2 Å². The van der Waals surface area contributed by atoms with Gasteiger partial charge < -0.3 is 10.1 Å². The number of rotatable bonds is 2. The Balaban J connectivity index is 2.05. The van der Waals surface area contributed by atoms with E-state index in [9.17, 15) is 0 Å². The molecule has 3 heteroatoms. The lowest BCUT2D eigenvalue weighted by Crippen LogP contribution is -2.56. The summed E-state index contributed by atoms with van der Waals surface area (Å²) in [4.78, 5) is 0. The summed E-state index contributed by atoms with van der Waals surface area (Å²) in [6, 6.07) is 8.91. The highest BCUT2D eigenvalue weighted by Crippen LogP contribution is 2.24. The number of ether oxygens (including phenoxy) is 1. The lowest BCUT2D eigenvalue weighted by molar-refractivity contribution is -0.114. The van der Waals surface area contributed by atoms with Crippen molar-refractivity contribution in [1.29, 1.82) is 0 Å². The predicted molar refractivity (Wildman–Crippen MR) is 74.3 cm³/mol. The molecule has 94 valence electrons. The van der Waals surface area contributed by atoms with Crippen LogP contribution < -0.4 is 5.32 Å². The molecular formula is C14H20BrNO. The average Bonchev–Trinajstić information content (AvgIpc) is 2.28. The van der Waals surface area contributed by atoms with Crippen molar-refractivity contribution in [3.63, 3.8) is 0 Å². The maximum Gasteiger partial charge on any atom is 0.0822 e. The number of benzene rings is 1. The van der Waals surface area contributed by atoms with E-state index in [2.05, 4.69) is 66.3 Å². The molecule has 1 aromatic carbocycles. The van der Waals surface area contributed by atoms with Crippen LogP contribution in [0.4, 0.5) is 0 Å². The molecule has 1 aliphatic rings.